The summed E-state index contributed by atoms with van der Waals surface area (Å²) in [5.74, 6) is -2.31. The highest BCUT2D eigenvalue weighted by molar-refractivity contribution is 6.24. The predicted octanol–water partition coefficient (Wildman–Crippen LogP) is 5.85. The van der Waals surface area contributed by atoms with E-state index >= 15 is 0 Å². The van der Waals surface area contributed by atoms with Crippen molar-refractivity contribution in [3.8, 4) is 0 Å². The molecule has 178 valence electrons. The number of rotatable bonds is 4. The van der Waals surface area contributed by atoms with Crippen molar-refractivity contribution >= 4 is 35.2 Å². The van der Waals surface area contributed by atoms with Crippen LogP contribution in [0.1, 0.15) is 28.2 Å². The van der Waals surface area contributed by atoms with Gasteiger partial charge in [0.05, 0.1) is 34.3 Å². The minimum Gasteiger partial charge on any atom is -0.302 e. The summed E-state index contributed by atoms with van der Waals surface area (Å²) >= 11 is 0. The molecule has 1 fully saturated rings. The van der Waals surface area contributed by atoms with Crippen LogP contribution in [0.4, 0.5) is 17.1 Å². The zero-order valence-electron chi connectivity index (χ0n) is 19.7. The molecule has 2 bridgehead atoms. The Morgan fingerprint density at radius 2 is 1.19 bits per heavy atom. The fourth-order valence-corrected chi connectivity index (χ4v) is 6.56. The smallest absolute Gasteiger partial charge is 0.239 e. The van der Waals surface area contributed by atoms with Crippen LogP contribution in [0.3, 0.4) is 0 Å². The fraction of sp³-hybridized carbons (Fsp3) is 0.129. The number of hydrogen-bond donors (Lipinski definition) is 0. The molecule has 0 unspecified atom stereocenters. The van der Waals surface area contributed by atoms with Crippen molar-refractivity contribution < 1.29 is 14.4 Å². The largest absolute Gasteiger partial charge is 0.302 e. The van der Waals surface area contributed by atoms with E-state index in [-0.39, 0.29) is 17.7 Å². The van der Waals surface area contributed by atoms with E-state index in [1.54, 1.807) is 24.3 Å². The summed E-state index contributed by atoms with van der Waals surface area (Å²) in [6, 6.07) is 31.7. The van der Waals surface area contributed by atoms with Gasteiger partial charge in [-0.3, -0.25) is 9.59 Å². The third-order valence-electron chi connectivity index (χ3n) is 8.01. The molecule has 2 atom stereocenters. The van der Waals surface area contributed by atoms with E-state index in [1.807, 2.05) is 78.9 Å². The molecule has 8 rings (SSSR count). The van der Waals surface area contributed by atoms with Crippen LogP contribution >= 0.6 is 0 Å². The van der Waals surface area contributed by atoms with Crippen LogP contribution in [0.25, 0.3) is 0 Å². The van der Waals surface area contributed by atoms with Gasteiger partial charge in [-0.15, -0.1) is 0 Å². The van der Waals surface area contributed by atoms with Gasteiger partial charge in [0.15, 0.2) is 0 Å². The van der Waals surface area contributed by atoms with Gasteiger partial charge in [0.25, 0.3) is 0 Å². The van der Waals surface area contributed by atoms with Crippen molar-refractivity contribution in [2.75, 3.05) is 4.90 Å². The van der Waals surface area contributed by atoms with E-state index in [0.29, 0.717) is 11.4 Å². The van der Waals surface area contributed by atoms with Crippen LogP contribution in [0.15, 0.2) is 113 Å². The third-order valence-corrected chi connectivity index (χ3v) is 8.01. The Hall–Kier alpha value is -4.71. The standard InChI is InChI=1S/C31H21N3O3/c35-18-31-24-12-6-4-10-22(24)26(23-11-5-7-13-25(23)31)27-28(31)30(37)34(29(27)36)21-16-14-20(15-17-21)33-32-19-8-2-1-3-9-19/h1-18,26-28H/t26?,27-,28+,31?/m0/s1. The van der Waals surface area contributed by atoms with Gasteiger partial charge in [-0.25, -0.2) is 4.90 Å². The molecule has 6 nitrogen and oxygen atoms in total. The summed E-state index contributed by atoms with van der Waals surface area (Å²) in [5, 5.41) is 8.48. The van der Waals surface area contributed by atoms with Crippen LogP contribution in [0.2, 0.25) is 0 Å². The summed E-state index contributed by atoms with van der Waals surface area (Å²) in [6.45, 7) is 0. The van der Waals surface area contributed by atoms with Gasteiger partial charge in [0.2, 0.25) is 11.8 Å². The molecule has 1 saturated heterocycles. The Kier molecular flexibility index (Phi) is 4.60. The van der Waals surface area contributed by atoms with Crippen LogP contribution in [-0.4, -0.2) is 18.1 Å². The molecule has 0 aromatic heterocycles. The zero-order valence-corrected chi connectivity index (χ0v) is 19.7. The number of hydrogen-bond acceptors (Lipinski definition) is 5. The SMILES string of the molecule is O=CC12c3ccccc3C(c3ccccc31)[C@@H]1C(=O)N(c3ccc(N=Nc4ccccc4)cc3)C(=O)[C@@H]12. The topological polar surface area (TPSA) is 79.2 Å². The van der Waals surface area contributed by atoms with Gasteiger partial charge in [-0.05, 0) is 58.7 Å². The van der Waals surface area contributed by atoms with E-state index in [1.165, 1.54) is 4.90 Å². The van der Waals surface area contributed by atoms with Gasteiger partial charge in [-0.2, -0.15) is 10.2 Å². The molecular weight excluding hydrogens is 462 g/mol. The number of anilines is 1. The van der Waals surface area contributed by atoms with Gasteiger partial charge >= 0.3 is 0 Å². The second-order valence-electron chi connectivity index (χ2n) is 9.71. The van der Waals surface area contributed by atoms with Crippen LogP contribution < -0.4 is 4.90 Å². The zero-order chi connectivity index (χ0) is 25.1. The molecule has 0 N–H and O–H groups in total. The van der Waals surface area contributed by atoms with Crippen molar-refractivity contribution in [3.63, 3.8) is 0 Å². The van der Waals surface area contributed by atoms with Crippen LogP contribution in [-0.2, 0) is 19.8 Å². The molecule has 4 aliphatic rings. The molecule has 6 heteroatoms. The second kappa shape index (κ2) is 7.90. The number of nitrogens with zero attached hydrogens (tertiary/aromatic N) is 3. The predicted molar refractivity (Wildman–Crippen MR) is 138 cm³/mol. The minimum absolute atomic E-state index is 0.270. The Morgan fingerprint density at radius 1 is 0.649 bits per heavy atom. The number of carbonyl (C=O) groups excluding carboxylic acids is 3. The maximum absolute atomic E-state index is 14.0. The van der Waals surface area contributed by atoms with E-state index in [9.17, 15) is 14.4 Å². The summed E-state index contributed by atoms with van der Waals surface area (Å²) < 4.78 is 0. The van der Waals surface area contributed by atoms with Gasteiger partial charge < -0.3 is 4.79 Å². The van der Waals surface area contributed by atoms with E-state index in [0.717, 1.165) is 34.2 Å². The molecule has 37 heavy (non-hydrogen) atoms. The number of amides is 2. The highest BCUT2D eigenvalue weighted by Gasteiger charge is 2.68. The molecule has 3 aliphatic carbocycles. The Labute approximate surface area is 213 Å². The Morgan fingerprint density at radius 3 is 1.78 bits per heavy atom. The summed E-state index contributed by atoms with van der Waals surface area (Å²) in [5.41, 5.74) is 4.17. The highest BCUT2D eigenvalue weighted by atomic mass is 16.2. The van der Waals surface area contributed by atoms with Crippen molar-refractivity contribution in [2.45, 2.75) is 11.3 Å². The lowest BCUT2D eigenvalue weighted by atomic mass is 9.48. The van der Waals surface area contributed by atoms with Gasteiger partial charge in [-0.1, -0.05) is 66.7 Å². The first-order valence-corrected chi connectivity index (χ1v) is 12.2. The maximum atomic E-state index is 14.0. The van der Waals surface area contributed by atoms with E-state index in [4.69, 9.17) is 0 Å². The van der Waals surface area contributed by atoms with Crippen LogP contribution in [0.5, 0.6) is 0 Å². The monoisotopic (exact) mass is 483 g/mol. The number of benzene rings is 4. The Balaban J connectivity index is 1.31. The average molecular weight is 484 g/mol. The summed E-state index contributed by atoms with van der Waals surface area (Å²) in [6.07, 6.45) is 0.888. The molecule has 0 radical (unpaired) electrons. The Bertz CT molecular complexity index is 1560. The molecule has 1 heterocycles. The quantitative estimate of drug-likeness (QED) is 0.207. The molecular formula is C31H21N3O3. The number of imide groups is 1. The average Bonchev–Trinajstić information content (AvgIpc) is 3.23. The lowest BCUT2D eigenvalue weighted by molar-refractivity contribution is -0.128. The molecule has 2 amide bonds. The fourth-order valence-electron chi connectivity index (χ4n) is 6.56. The number of aldehydes is 1. The molecule has 1 aliphatic heterocycles. The van der Waals surface area contributed by atoms with Crippen molar-refractivity contribution in [1.29, 1.82) is 0 Å². The first kappa shape index (κ1) is 21.6. The molecule has 4 aromatic rings. The molecule has 0 saturated carbocycles. The summed E-state index contributed by atoms with van der Waals surface area (Å²) in [7, 11) is 0. The van der Waals surface area contributed by atoms with Gasteiger partial charge in [0.1, 0.15) is 6.29 Å². The number of azo groups is 1. The molecule has 4 aromatic carbocycles. The first-order chi connectivity index (χ1) is 18.1. The maximum Gasteiger partial charge on any atom is 0.239 e. The third kappa shape index (κ3) is 2.84. The first-order valence-electron chi connectivity index (χ1n) is 12.2. The van der Waals surface area contributed by atoms with E-state index < -0.39 is 17.3 Å². The van der Waals surface area contributed by atoms with Crippen molar-refractivity contribution in [2.24, 2.45) is 22.1 Å². The van der Waals surface area contributed by atoms with Gasteiger partial charge in [0, 0.05) is 5.92 Å². The second-order valence-corrected chi connectivity index (χ2v) is 9.71. The normalized spacial score (nSPS) is 25.2. The lowest BCUT2D eigenvalue weighted by Gasteiger charge is -2.51. The van der Waals surface area contributed by atoms with Crippen molar-refractivity contribution in [1.82, 2.24) is 0 Å². The highest BCUT2D eigenvalue weighted by Crippen LogP contribution is 2.63. The lowest BCUT2D eigenvalue weighted by Crippen LogP contribution is -2.54. The molecule has 0 spiro atoms. The van der Waals surface area contributed by atoms with Crippen molar-refractivity contribution in [3.05, 3.63) is 125 Å². The minimum atomic E-state index is -1.20. The van der Waals surface area contributed by atoms with E-state index in [2.05, 4.69) is 10.2 Å². The van der Waals surface area contributed by atoms with Crippen LogP contribution in [0, 0.1) is 11.8 Å². The summed E-state index contributed by atoms with van der Waals surface area (Å²) in [4.78, 5) is 42.3. The number of carbonyl (C=O) groups is 3.